The SMILES string of the molecule is CNCCOc1ccccc1-c1cccc(CC2N[C@H](C)CC23COCC(=O)N3)c1F.Cl.Cl. The lowest BCUT2D eigenvalue weighted by Crippen LogP contribution is -2.63. The molecule has 0 aliphatic carbocycles. The molecule has 3 atom stereocenters. The molecular weight excluding hydrogens is 468 g/mol. The van der Waals surface area contributed by atoms with E-state index in [9.17, 15) is 4.79 Å². The number of benzene rings is 2. The predicted molar refractivity (Wildman–Crippen MR) is 132 cm³/mol. The molecular formula is C24H32Cl2FN3O3. The van der Waals surface area contributed by atoms with Crippen LogP contribution in [0.5, 0.6) is 5.75 Å². The number of likely N-dealkylation sites (N-methyl/N-ethyl adjacent to an activating group) is 1. The summed E-state index contributed by atoms with van der Waals surface area (Å²) in [5.41, 5.74) is 1.34. The second-order valence-corrected chi connectivity index (χ2v) is 8.45. The van der Waals surface area contributed by atoms with E-state index in [1.54, 1.807) is 6.07 Å². The van der Waals surface area contributed by atoms with Crippen molar-refractivity contribution in [3.05, 3.63) is 53.8 Å². The largest absolute Gasteiger partial charge is 0.492 e. The maximum atomic E-state index is 15.7. The zero-order valence-electron chi connectivity index (χ0n) is 18.9. The van der Waals surface area contributed by atoms with Gasteiger partial charge in [-0.2, -0.15) is 0 Å². The number of carbonyl (C=O) groups is 1. The van der Waals surface area contributed by atoms with Crippen molar-refractivity contribution in [3.8, 4) is 16.9 Å². The van der Waals surface area contributed by atoms with Crippen molar-refractivity contribution < 1.29 is 18.7 Å². The Morgan fingerprint density at radius 1 is 1.18 bits per heavy atom. The molecule has 2 aromatic rings. The van der Waals surface area contributed by atoms with Gasteiger partial charge in [-0.05, 0) is 38.4 Å². The van der Waals surface area contributed by atoms with Crippen molar-refractivity contribution in [2.45, 2.75) is 37.4 Å². The summed E-state index contributed by atoms with van der Waals surface area (Å²) in [5, 5.41) is 9.69. The third kappa shape index (κ3) is 5.97. The Hall–Kier alpha value is -1.90. The van der Waals surface area contributed by atoms with Crippen molar-refractivity contribution >= 4 is 30.7 Å². The van der Waals surface area contributed by atoms with Crippen LogP contribution in [0.15, 0.2) is 42.5 Å². The lowest BCUT2D eigenvalue weighted by molar-refractivity contribution is -0.135. The van der Waals surface area contributed by atoms with Gasteiger partial charge in [-0.25, -0.2) is 4.39 Å². The first-order chi connectivity index (χ1) is 15.0. The minimum Gasteiger partial charge on any atom is -0.492 e. The number of carbonyl (C=O) groups excluding carboxylic acids is 1. The lowest BCUT2D eigenvalue weighted by Gasteiger charge is -2.39. The van der Waals surface area contributed by atoms with Gasteiger partial charge < -0.3 is 25.4 Å². The summed E-state index contributed by atoms with van der Waals surface area (Å²) < 4.78 is 27.1. The topological polar surface area (TPSA) is 71.6 Å². The summed E-state index contributed by atoms with van der Waals surface area (Å²) in [6.45, 7) is 3.80. The minimum atomic E-state index is -0.509. The van der Waals surface area contributed by atoms with E-state index in [0.717, 1.165) is 12.0 Å². The van der Waals surface area contributed by atoms with Gasteiger partial charge in [0.05, 0.1) is 12.1 Å². The van der Waals surface area contributed by atoms with Gasteiger partial charge in [-0.15, -0.1) is 24.8 Å². The fraction of sp³-hybridized carbons (Fsp3) is 0.458. The first-order valence-electron chi connectivity index (χ1n) is 10.8. The van der Waals surface area contributed by atoms with Crippen molar-refractivity contribution in [3.63, 3.8) is 0 Å². The van der Waals surface area contributed by atoms with E-state index in [4.69, 9.17) is 9.47 Å². The molecule has 2 aromatic carbocycles. The number of amides is 1. The average Bonchev–Trinajstić information content (AvgIpc) is 3.04. The fourth-order valence-electron chi connectivity index (χ4n) is 4.72. The fourth-order valence-corrected chi connectivity index (χ4v) is 4.72. The molecule has 4 rings (SSSR count). The van der Waals surface area contributed by atoms with Gasteiger partial charge >= 0.3 is 0 Å². The van der Waals surface area contributed by atoms with Gasteiger partial charge in [0.1, 0.15) is 24.8 Å². The van der Waals surface area contributed by atoms with E-state index < -0.39 is 5.54 Å². The lowest BCUT2D eigenvalue weighted by atomic mass is 9.85. The number of nitrogens with one attached hydrogen (secondary N) is 3. The molecule has 0 radical (unpaired) electrons. The van der Waals surface area contributed by atoms with Crippen LogP contribution in [0.1, 0.15) is 18.9 Å². The maximum Gasteiger partial charge on any atom is 0.246 e. The van der Waals surface area contributed by atoms with Gasteiger partial charge in [0.2, 0.25) is 5.91 Å². The minimum absolute atomic E-state index is 0. The Labute approximate surface area is 206 Å². The summed E-state index contributed by atoms with van der Waals surface area (Å²) in [4.78, 5) is 12.0. The van der Waals surface area contributed by atoms with E-state index in [-0.39, 0.29) is 55.2 Å². The zero-order chi connectivity index (χ0) is 21.8. The van der Waals surface area contributed by atoms with Crippen LogP contribution in [0.25, 0.3) is 11.1 Å². The molecule has 1 spiro atoms. The van der Waals surface area contributed by atoms with E-state index in [2.05, 4.69) is 22.9 Å². The molecule has 0 aromatic heterocycles. The first kappa shape index (κ1) is 27.3. The molecule has 2 aliphatic heterocycles. The quantitative estimate of drug-likeness (QED) is 0.510. The number of rotatable bonds is 7. The number of para-hydroxylation sites is 1. The Balaban J connectivity index is 0.00000193. The van der Waals surface area contributed by atoms with E-state index in [0.29, 0.717) is 43.1 Å². The highest BCUT2D eigenvalue weighted by Gasteiger charge is 2.49. The molecule has 3 N–H and O–H groups in total. The monoisotopic (exact) mass is 499 g/mol. The van der Waals surface area contributed by atoms with Crippen LogP contribution < -0.4 is 20.7 Å². The number of ether oxygens (including phenoxy) is 2. The van der Waals surface area contributed by atoms with Gasteiger partial charge in [-0.3, -0.25) is 4.79 Å². The summed E-state index contributed by atoms with van der Waals surface area (Å²) in [6.07, 6.45) is 1.21. The molecule has 1 amide bonds. The number of hydrogen-bond donors (Lipinski definition) is 3. The first-order valence-corrected chi connectivity index (χ1v) is 10.8. The molecule has 182 valence electrons. The van der Waals surface area contributed by atoms with Crippen molar-refractivity contribution in [1.82, 2.24) is 16.0 Å². The van der Waals surface area contributed by atoms with Gasteiger partial charge in [0, 0.05) is 29.8 Å². The Bertz CT molecular complexity index is 949. The van der Waals surface area contributed by atoms with E-state index in [1.807, 2.05) is 43.4 Å². The highest BCUT2D eigenvalue weighted by atomic mass is 35.5. The van der Waals surface area contributed by atoms with Crippen LogP contribution in [-0.4, -0.2) is 56.9 Å². The van der Waals surface area contributed by atoms with Crippen molar-refractivity contribution in [1.29, 1.82) is 0 Å². The molecule has 33 heavy (non-hydrogen) atoms. The average molecular weight is 500 g/mol. The summed E-state index contributed by atoms with van der Waals surface area (Å²) in [7, 11) is 1.86. The number of morpholine rings is 1. The Morgan fingerprint density at radius 3 is 2.70 bits per heavy atom. The van der Waals surface area contributed by atoms with E-state index >= 15 is 4.39 Å². The van der Waals surface area contributed by atoms with Crippen LogP contribution in [0.2, 0.25) is 0 Å². The molecule has 9 heteroatoms. The third-order valence-corrected chi connectivity index (χ3v) is 6.09. The van der Waals surface area contributed by atoms with Gasteiger partial charge in [0.15, 0.2) is 0 Å². The molecule has 6 nitrogen and oxygen atoms in total. The second kappa shape index (κ2) is 12.0. The molecule has 0 saturated carbocycles. The van der Waals surface area contributed by atoms with Crippen LogP contribution >= 0.6 is 24.8 Å². The summed E-state index contributed by atoms with van der Waals surface area (Å²) in [6, 6.07) is 13.1. The highest BCUT2D eigenvalue weighted by Crippen LogP contribution is 2.35. The normalized spacial score (nSPS) is 24.0. The Morgan fingerprint density at radius 2 is 1.94 bits per heavy atom. The molecule has 2 saturated heterocycles. The standard InChI is InChI=1S/C24H30FN3O3.2ClH/c1-16-13-24(15-30-14-22(29)28-24)21(27-16)12-17-6-5-8-19(23(17)25)18-7-3-4-9-20(18)31-11-10-26-2;;/h3-9,16,21,26-27H,10-15H2,1-2H3,(H,28,29);2*1H/t16-,21?,24?;;/m1../s1. The summed E-state index contributed by atoms with van der Waals surface area (Å²) in [5.74, 6) is 0.284. The predicted octanol–water partition coefficient (Wildman–Crippen LogP) is 3.11. The van der Waals surface area contributed by atoms with Crippen molar-refractivity contribution in [2.24, 2.45) is 0 Å². The summed E-state index contributed by atoms with van der Waals surface area (Å²) >= 11 is 0. The maximum absolute atomic E-state index is 15.7. The molecule has 0 bridgehead atoms. The smallest absolute Gasteiger partial charge is 0.246 e. The highest BCUT2D eigenvalue weighted by molar-refractivity contribution is 5.85. The van der Waals surface area contributed by atoms with Crippen LogP contribution in [-0.2, 0) is 16.0 Å². The number of halogens is 3. The zero-order valence-corrected chi connectivity index (χ0v) is 20.5. The van der Waals surface area contributed by atoms with Crippen LogP contribution in [0, 0.1) is 5.82 Å². The van der Waals surface area contributed by atoms with Crippen LogP contribution in [0.4, 0.5) is 4.39 Å². The second-order valence-electron chi connectivity index (χ2n) is 8.45. The van der Waals surface area contributed by atoms with Gasteiger partial charge in [0.25, 0.3) is 0 Å². The molecule has 2 heterocycles. The third-order valence-electron chi connectivity index (χ3n) is 6.09. The Kier molecular flexibility index (Phi) is 9.94. The van der Waals surface area contributed by atoms with Gasteiger partial charge in [-0.1, -0.05) is 36.4 Å². The van der Waals surface area contributed by atoms with Crippen molar-refractivity contribution in [2.75, 3.05) is 33.4 Å². The molecule has 2 unspecified atom stereocenters. The van der Waals surface area contributed by atoms with E-state index in [1.165, 1.54) is 0 Å². The van der Waals surface area contributed by atoms with Crippen LogP contribution in [0.3, 0.4) is 0 Å². The number of hydrogen-bond acceptors (Lipinski definition) is 5. The molecule has 2 fully saturated rings. The molecule has 2 aliphatic rings.